The van der Waals surface area contributed by atoms with Crippen LogP contribution in [0.15, 0.2) is 24.5 Å². The lowest BCUT2D eigenvalue weighted by Gasteiger charge is -2.35. The van der Waals surface area contributed by atoms with Gasteiger partial charge in [-0.25, -0.2) is 14.4 Å². The number of nitrogens with one attached hydrogen (secondary N) is 1. The molecule has 1 aromatic heterocycles. The molecular weight excluding hydrogens is 321 g/mol. The van der Waals surface area contributed by atoms with Gasteiger partial charge in [-0.3, -0.25) is 9.69 Å². The van der Waals surface area contributed by atoms with Gasteiger partial charge in [0.05, 0.1) is 11.6 Å². The largest absolute Gasteiger partial charge is 0.367 e. The molecule has 0 aliphatic carbocycles. The minimum absolute atomic E-state index is 0.0416. The van der Waals surface area contributed by atoms with Crippen LogP contribution in [0.2, 0.25) is 0 Å². The van der Waals surface area contributed by atoms with Crippen LogP contribution in [0.25, 0.3) is 10.9 Å². The third-order valence-electron chi connectivity index (χ3n) is 5.31. The van der Waals surface area contributed by atoms with Gasteiger partial charge in [0.15, 0.2) is 0 Å². The Hall–Kier alpha value is -2.28. The highest BCUT2D eigenvalue weighted by Crippen LogP contribution is 2.25. The Bertz CT molecular complexity index is 790. The first-order valence-corrected chi connectivity index (χ1v) is 8.77. The van der Waals surface area contributed by atoms with E-state index in [2.05, 4.69) is 20.2 Å². The second-order valence-electron chi connectivity index (χ2n) is 6.90. The predicted molar refractivity (Wildman–Crippen MR) is 93.8 cm³/mol. The van der Waals surface area contributed by atoms with Gasteiger partial charge in [0.2, 0.25) is 5.91 Å². The maximum atomic E-state index is 13.6. The maximum Gasteiger partial charge on any atom is 0.239 e. The SMILES string of the molecule is CN1CCC(N2CCC(Nc3ncnc4ccc(F)cc34)CC2)C1=O. The molecule has 0 spiro atoms. The molecule has 1 atom stereocenters. The van der Waals surface area contributed by atoms with Crippen molar-refractivity contribution in [1.82, 2.24) is 19.8 Å². The molecule has 1 aromatic carbocycles. The average molecular weight is 343 g/mol. The van der Waals surface area contributed by atoms with Crippen molar-refractivity contribution in [3.05, 3.63) is 30.3 Å². The molecule has 6 nitrogen and oxygen atoms in total. The molecule has 3 heterocycles. The van der Waals surface area contributed by atoms with Crippen LogP contribution in [0.1, 0.15) is 19.3 Å². The number of rotatable bonds is 3. The second-order valence-corrected chi connectivity index (χ2v) is 6.90. The van der Waals surface area contributed by atoms with Gasteiger partial charge in [0, 0.05) is 38.1 Å². The van der Waals surface area contributed by atoms with Gasteiger partial charge >= 0.3 is 0 Å². The van der Waals surface area contributed by atoms with E-state index in [1.165, 1.54) is 18.5 Å². The number of hydrogen-bond donors (Lipinski definition) is 1. The van der Waals surface area contributed by atoms with E-state index in [9.17, 15) is 9.18 Å². The number of halogens is 1. The minimum Gasteiger partial charge on any atom is -0.367 e. The normalized spacial score (nSPS) is 22.7. The van der Waals surface area contributed by atoms with E-state index in [0.717, 1.165) is 44.4 Å². The third-order valence-corrected chi connectivity index (χ3v) is 5.31. The summed E-state index contributed by atoms with van der Waals surface area (Å²) in [5.74, 6) is 0.632. The smallest absolute Gasteiger partial charge is 0.239 e. The van der Waals surface area contributed by atoms with Crippen molar-refractivity contribution in [1.29, 1.82) is 0 Å². The van der Waals surface area contributed by atoms with Gasteiger partial charge in [-0.2, -0.15) is 0 Å². The third kappa shape index (κ3) is 3.16. The van der Waals surface area contributed by atoms with E-state index in [-0.39, 0.29) is 23.8 Å². The number of piperidine rings is 1. The number of anilines is 1. The number of benzene rings is 1. The van der Waals surface area contributed by atoms with E-state index in [4.69, 9.17) is 0 Å². The molecule has 2 aromatic rings. The molecule has 2 fully saturated rings. The highest BCUT2D eigenvalue weighted by Gasteiger charge is 2.35. The van der Waals surface area contributed by atoms with Crippen molar-refractivity contribution < 1.29 is 9.18 Å². The summed E-state index contributed by atoms with van der Waals surface area (Å²) in [7, 11) is 1.87. The standard InChI is InChI=1S/C18H22FN5O/c1-23-7-6-16(18(23)25)24-8-4-13(5-9-24)22-17-14-10-12(19)2-3-15(14)20-11-21-17/h2-3,10-11,13,16H,4-9H2,1H3,(H,20,21,22). The lowest BCUT2D eigenvalue weighted by Crippen LogP contribution is -2.47. The molecule has 2 aliphatic heterocycles. The Balaban J connectivity index is 1.42. The summed E-state index contributed by atoms with van der Waals surface area (Å²) in [6.07, 6.45) is 4.30. The average Bonchev–Trinajstić information content (AvgIpc) is 2.95. The van der Waals surface area contributed by atoms with Crippen LogP contribution < -0.4 is 5.32 Å². The summed E-state index contributed by atoms with van der Waals surface area (Å²) in [6, 6.07) is 4.86. The number of likely N-dealkylation sites (N-methyl/N-ethyl adjacent to an activating group) is 1. The lowest BCUT2D eigenvalue weighted by molar-refractivity contribution is -0.131. The number of hydrogen-bond acceptors (Lipinski definition) is 5. The molecule has 0 bridgehead atoms. The zero-order valence-corrected chi connectivity index (χ0v) is 14.3. The Labute approximate surface area is 146 Å². The highest BCUT2D eigenvalue weighted by atomic mass is 19.1. The van der Waals surface area contributed by atoms with Crippen LogP contribution in [0.4, 0.5) is 10.2 Å². The molecule has 0 saturated carbocycles. The van der Waals surface area contributed by atoms with Crippen molar-refractivity contribution >= 4 is 22.6 Å². The number of aromatic nitrogens is 2. The monoisotopic (exact) mass is 343 g/mol. The summed E-state index contributed by atoms with van der Waals surface area (Å²) in [5.41, 5.74) is 0.732. The van der Waals surface area contributed by atoms with Gasteiger partial charge in [0.25, 0.3) is 0 Å². The Morgan fingerprint density at radius 1 is 1.16 bits per heavy atom. The summed E-state index contributed by atoms with van der Waals surface area (Å²) in [4.78, 5) is 24.8. The number of likely N-dealkylation sites (tertiary alicyclic amines) is 2. The number of carbonyl (C=O) groups excluding carboxylic acids is 1. The first kappa shape index (κ1) is 16.2. The van der Waals surface area contributed by atoms with Crippen molar-refractivity contribution in [2.45, 2.75) is 31.3 Å². The van der Waals surface area contributed by atoms with Gasteiger partial charge < -0.3 is 10.2 Å². The van der Waals surface area contributed by atoms with Gasteiger partial charge in [0.1, 0.15) is 18.0 Å². The molecule has 2 aliphatic rings. The number of fused-ring (bicyclic) bond motifs is 1. The topological polar surface area (TPSA) is 61.4 Å². The Kier molecular flexibility index (Phi) is 4.25. The van der Waals surface area contributed by atoms with Gasteiger partial charge in [-0.1, -0.05) is 0 Å². The molecule has 0 radical (unpaired) electrons. The maximum absolute atomic E-state index is 13.6. The van der Waals surface area contributed by atoms with Gasteiger partial charge in [-0.15, -0.1) is 0 Å². The number of amides is 1. The van der Waals surface area contributed by atoms with Crippen molar-refractivity contribution in [3.8, 4) is 0 Å². The first-order chi connectivity index (χ1) is 12.1. The molecule has 7 heteroatoms. The quantitative estimate of drug-likeness (QED) is 0.922. The fourth-order valence-electron chi connectivity index (χ4n) is 3.84. The summed E-state index contributed by atoms with van der Waals surface area (Å²) in [5, 5.41) is 4.15. The molecule has 1 N–H and O–H groups in total. The Morgan fingerprint density at radius 2 is 1.96 bits per heavy atom. The van der Waals surface area contributed by atoms with E-state index < -0.39 is 0 Å². The van der Waals surface area contributed by atoms with E-state index in [1.54, 1.807) is 6.07 Å². The minimum atomic E-state index is -0.288. The molecule has 132 valence electrons. The van der Waals surface area contributed by atoms with Crippen molar-refractivity contribution in [3.63, 3.8) is 0 Å². The van der Waals surface area contributed by atoms with Gasteiger partial charge in [-0.05, 0) is 37.5 Å². The van der Waals surface area contributed by atoms with Crippen molar-refractivity contribution in [2.75, 3.05) is 32.0 Å². The number of carbonyl (C=O) groups is 1. The van der Waals surface area contributed by atoms with Crippen LogP contribution >= 0.6 is 0 Å². The summed E-state index contributed by atoms with van der Waals surface area (Å²) < 4.78 is 13.6. The molecule has 4 rings (SSSR count). The molecule has 25 heavy (non-hydrogen) atoms. The molecular formula is C18H22FN5O. The van der Waals surface area contributed by atoms with E-state index >= 15 is 0 Å². The second kappa shape index (κ2) is 6.55. The molecule has 1 unspecified atom stereocenters. The van der Waals surface area contributed by atoms with E-state index in [1.807, 2.05) is 11.9 Å². The molecule has 2 saturated heterocycles. The highest BCUT2D eigenvalue weighted by molar-refractivity contribution is 5.88. The summed E-state index contributed by atoms with van der Waals surface area (Å²) >= 11 is 0. The van der Waals surface area contributed by atoms with Crippen molar-refractivity contribution in [2.24, 2.45) is 0 Å². The van der Waals surface area contributed by atoms with Crippen LogP contribution in [-0.4, -0.2) is 64.4 Å². The lowest BCUT2D eigenvalue weighted by atomic mass is 10.0. The van der Waals surface area contributed by atoms with Crippen LogP contribution in [-0.2, 0) is 4.79 Å². The van der Waals surface area contributed by atoms with Crippen LogP contribution in [0, 0.1) is 5.82 Å². The van der Waals surface area contributed by atoms with Crippen LogP contribution in [0.3, 0.4) is 0 Å². The summed E-state index contributed by atoms with van der Waals surface area (Å²) in [6.45, 7) is 2.62. The zero-order valence-electron chi connectivity index (χ0n) is 14.3. The van der Waals surface area contributed by atoms with Crippen LogP contribution in [0.5, 0.6) is 0 Å². The predicted octanol–water partition coefficient (Wildman–Crippen LogP) is 1.88. The molecule has 1 amide bonds. The Morgan fingerprint density at radius 3 is 2.68 bits per heavy atom. The fourth-order valence-corrected chi connectivity index (χ4v) is 3.84. The first-order valence-electron chi connectivity index (χ1n) is 8.77. The fraction of sp³-hybridized carbons (Fsp3) is 0.500. The number of nitrogens with zero attached hydrogens (tertiary/aromatic N) is 4. The zero-order chi connectivity index (χ0) is 17.4. The van der Waals surface area contributed by atoms with E-state index in [0.29, 0.717) is 11.2 Å².